The van der Waals surface area contributed by atoms with E-state index in [1.54, 1.807) is 0 Å². The Morgan fingerprint density at radius 2 is 2.00 bits per heavy atom. The third-order valence-electron chi connectivity index (χ3n) is 3.54. The van der Waals surface area contributed by atoms with Crippen LogP contribution in [-0.2, 0) is 0 Å². The summed E-state index contributed by atoms with van der Waals surface area (Å²) in [4.78, 5) is 23.3. The van der Waals surface area contributed by atoms with Gasteiger partial charge in [-0.3, -0.25) is 4.79 Å². The van der Waals surface area contributed by atoms with E-state index in [2.05, 4.69) is 4.74 Å². The van der Waals surface area contributed by atoms with Gasteiger partial charge in [-0.1, -0.05) is 0 Å². The second-order valence-electron chi connectivity index (χ2n) is 5.09. The number of halogens is 4. The highest BCUT2D eigenvalue weighted by Crippen LogP contribution is 2.40. The first-order valence-corrected chi connectivity index (χ1v) is 6.56. The summed E-state index contributed by atoms with van der Waals surface area (Å²) in [6, 6.07) is 0.206. The van der Waals surface area contributed by atoms with Crippen LogP contribution in [0.5, 0.6) is 5.75 Å². The molecule has 0 bridgehead atoms. The van der Waals surface area contributed by atoms with Crippen LogP contribution < -0.4 is 10.2 Å². The summed E-state index contributed by atoms with van der Waals surface area (Å²) in [5.41, 5.74) is -2.12. The lowest BCUT2D eigenvalue weighted by atomic mass is 10.1. The van der Waals surface area contributed by atoms with Crippen LogP contribution >= 0.6 is 0 Å². The third-order valence-corrected chi connectivity index (χ3v) is 3.54. The second-order valence-corrected chi connectivity index (χ2v) is 5.09. The number of aromatic carboxylic acids is 1. The Kier molecular flexibility index (Phi) is 3.50. The maximum absolute atomic E-state index is 13.9. The Balaban J connectivity index is 2.46. The molecule has 0 saturated heterocycles. The molecule has 5 nitrogen and oxygen atoms in total. The minimum atomic E-state index is -3.43. The third kappa shape index (κ3) is 2.51. The number of ether oxygens (including phenoxy) is 1. The number of pyridine rings is 1. The van der Waals surface area contributed by atoms with E-state index < -0.39 is 46.3 Å². The molecule has 0 atom stereocenters. The van der Waals surface area contributed by atoms with Gasteiger partial charge >= 0.3 is 12.6 Å². The van der Waals surface area contributed by atoms with E-state index in [0.717, 1.165) is 6.20 Å². The number of rotatable bonds is 4. The van der Waals surface area contributed by atoms with Crippen LogP contribution in [0, 0.1) is 11.6 Å². The molecule has 1 fully saturated rings. The molecule has 2 aromatic rings. The monoisotopic (exact) mass is 331 g/mol. The van der Waals surface area contributed by atoms with Crippen molar-refractivity contribution in [3.05, 3.63) is 39.7 Å². The summed E-state index contributed by atoms with van der Waals surface area (Å²) in [6.45, 7) is -3.43. The first-order chi connectivity index (χ1) is 10.8. The lowest BCUT2D eigenvalue weighted by Crippen LogP contribution is -2.20. The van der Waals surface area contributed by atoms with Crippen molar-refractivity contribution in [3.8, 4) is 5.75 Å². The Labute approximate surface area is 125 Å². The molecule has 1 N–H and O–H groups in total. The summed E-state index contributed by atoms with van der Waals surface area (Å²) < 4.78 is 57.8. The number of hydrogen-bond donors (Lipinski definition) is 1. The van der Waals surface area contributed by atoms with Gasteiger partial charge in [-0.15, -0.1) is 0 Å². The number of benzene rings is 1. The number of carboxylic acid groups (broad SMARTS) is 1. The van der Waals surface area contributed by atoms with E-state index in [0.29, 0.717) is 18.9 Å². The second kappa shape index (κ2) is 5.25. The summed E-state index contributed by atoms with van der Waals surface area (Å²) in [7, 11) is 0. The van der Waals surface area contributed by atoms with E-state index in [1.165, 1.54) is 4.57 Å². The largest absolute Gasteiger partial charge is 0.477 e. The first-order valence-electron chi connectivity index (χ1n) is 6.56. The molecule has 0 unspecified atom stereocenters. The van der Waals surface area contributed by atoms with Crippen molar-refractivity contribution in [2.75, 3.05) is 0 Å². The zero-order valence-electron chi connectivity index (χ0n) is 11.4. The van der Waals surface area contributed by atoms with E-state index in [9.17, 15) is 27.2 Å². The number of hydrogen-bond acceptors (Lipinski definition) is 3. The minimum Gasteiger partial charge on any atom is -0.477 e. The molecular formula is C14H9F4NO4. The molecule has 1 aromatic heterocycles. The lowest BCUT2D eigenvalue weighted by Gasteiger charge is -2.16. The lowest BCUT2D eigenvalue weighted by molar-refractivity contribution is -0.0516. The fourth-order valence-electron chi connectivity index (χ4n) is 2.42. The topological polar surface area (TPSA) is 68.5 Å². The molecular weight excluding hydrogens is 322 g/mol. The maximum Gasteiger partial charge on any atom is 0.387 e. The normalized spacial score (nSPS) is 14.5. The number of fused-ring (bicyclic) bond motifs is 1. The Hall–Kier alpha value is -2.58. The molecule has 0 spiro atoms. The van der Waals surface area contributed by atoms with Crippen molar-refractivity contribution >= 4 is 16.9 Å². The van der Waals surface area contributed by atoms with Gasteiger partial charge < -0.3 is 14.4 Å². The Bertz CT molecular complexity index is 873. The molecule has 9 heteroatoms. The van der Waals surface area contributed by atoms with Gasteiger partial charge in [0.25, 0.3) is 0 Å². The van der Waals surface area contributed by atoms with Crippen LogP contribution in [0.1, 0.15) is 29.2 Å². The highest BCUT2D eigenvalue weighted by Gasteiger charge is 2.31. The summed E-state index contributed by atoms with van der Waals surface area (Å²) in [6.07, 6.45) is 2.12. The van der Waals surface area contributed by atoms with Gasteiger partial charge in [-0.25, -0.2) is 9.18 Å². The molecule has 1 saturated carbocycles. The SMILES string of the molecule is O=C(O)c1cn(C2CC2)c2c(OC(F)F)c(F)c(F)cc2c1=O. The van der Waals surface area contributed by atoms with Crippen LogP contribution in [-0.4, -0.2) is 22.3 Å². The molecule has 23 heavy (non-hydrogen) atoms. The zero-order chi connectivity index (χ0) is 16.9. The van der Waals surface area contributed by atoms with Crippen LogP contribution in [0.4, 0.5) is 17.6 Å². The van der Waals surface area contributed by atoms with Crippen molar-refractivity contribution in [2.45, 2.75) is 25.5 Å². The predicted molar refractivity (Wildman–Crippen MR) is 70.0 cm³/mol. The highest BCUT2D eigenvalue weighted by atomic mass is 19.3. The van der Waals surface area contributed by atoms with Crippen LogP contribution in [0.3, 0.4) is 0 Å². The van der Waals surface area contributed by atoms with E-state index in [-0.39, 0.29) is 11.6 Å². The van der Waals surface area contributed by atoms with Crippen molar-refractivity contribution in [3.63, 3.8) is 0 Å². The fourth-order valence-corrected chi connectivity index (χ4v) is 2.42. The predicted octanol–water partition coefficient (Wildman–Crippen LogP) is 2.91. The molecule has 1 heterocycles. The average molecular weight is 331 g/mol. The zero-order valence-corrected chi connectivity index (χ0v) is 11.4. The van der Waals surface area contributed by atoms with Crippen LogP contribution in [0.25, 0.3) is 10.9 Å². The van der Waals surface area contributed by atoms with E-state index in [4.69, 9.17) is 5.11 Å². The Morgan fingerprint density at radius 1 is 1.35 bits per heavy atom. The van der Waals surface area contributed by atoms with Gasteiger partial charge in [-0.05, 0) is 18.9 Å². The van der Waals surface area contributed by atoms with Crippen molar-refractivity contribution in [2.24, 2.45) is 0 Å². The van der Waals surface area contributed by atoms with Gasteiger partial charge in [0.1, 0.15) is 5.56 Å². The average Bonchev–Trinajstić information content (AvgIpc) is 3.28. The van der Waals surface area contributed by atoms with Crippen molar-refractivity contribution in [1.82, 2.24) is 4.57 Å². The number of aromatic nitrogens is 1. The van der Waals surface area contributed by atoms with Gasteiger partial charge in [0.2, 0.25) is 11.2 Å². The first kappa shape index (κ1) is 15.3. The number of carbonyl (C=O) groups is 1. The van der Waals surface area contributed by atoms with Gasteiger partial charge in [-0.2, -0.15) is 13.2 Å². The molecule has 122 valence electrons. The minimum absolute atomic E-state index is 0.291. The van der Waals surface area contributed by atoms with Gasteiger partial charge in [0, 0.05) is 12.2 Å². The maximum atomic E-state index is 13.9. The van der Waals surface area contributed by atoms with Crippen molar-refractivity contribution < 1.29 is 32.2 Å². The molecule has 1 aliphatic rings. The molecule has 0 aliphatic heterocycles. The molecule has 0 radical (unpaired) electrons. The smallest absolute Gasteiger partial charge is 0.387 e. The van der Waals surface area contributed by atoms with E-state index >= 15 is 0 Å². The summed E-state index contributed by atoms with van der Waals surface area (Å²) in [5, 5.41) is 8.54. The van der Waals surface area contributed by atoms with E-state index in [1.807, 2.05) is 0 Å². The van der Waals surface area contributed by atoms with Gasteiger partial charge in [0.15, 0.2) is 11.6 Å². The van der Waals surface area contributed by atoms with Crippen molar-refractivity contribution in [1.29, 1.82) is 0 Å². The van der Waals surface area contributed by atoms with Crippen LogP contribution in [0.15, 0.2) is 17.1 Å². The quantitative estimate of drug-likeness (QED) is 0.875. The standard InChI is InChI=1S/C14H9F4NO4/c15-8-3-6-10(12(9(8)16)23-14(17)18)19(5-1-2-5)4-7(11(6)20)13(21)22/h3-5,14H,1-2H2,(H,21,22). The number of carboxylic acids is 1. The number of alkyl halides is 2. The summed E-state index contributed by atoms with van der Waals surface area (Å²) in [5.74, 6) is -5.88. The number of nitrogens with zero attached hydrogens (tertiary/aromatic N) is 1. The fraction of sp³-hybridized carbons (Fsp3) is 0.286. The molecule has 3 rings (SSSR count). The van der Waals surface area contributed by atoms with Gasteiger partial charge in [0.05, 0.1) is 10.9 Å². The molecule has 1 aliphatic carbocycles. The molecule has 0 amide bonds. The summed E-state index contributed by atoms with van der Waals surface area (Å²) >= 11 is 0. The Morgan fingerprint density at radius 3 is 2.52 bits per heavy atom. The molecule has 1 aromatic carbocycles. The highest BCUT2D eigenvalue weighted by molar-refractivity contribution is 5.94. The van der Waals surface area contributed by atoms with Crippen LogP contribution in [0.2, 0.25) is 0 Å².